The minimum absolute atomic E-state index is 0.255. The molecule has 3 aromatic carbocycles. The van der Waals surface area contributed by atoms with Gasteiger partial charge in [-0.15, -0.1) is 0 Å². The summed E-state index contributed by atoms with van der Waals surface area (Å²) < 4.78 is 38.8. The van der Waals surface area contributed by atoms with E-state index in [4.69, 9.17) is 0 Å². The van der Waals surface area contributed by atoms with E-state index < -0.39 is 17.6 Å². The first kappa shape index (κ1) is 27.0. The minimum atomic E-state index is -4.45. The number of benzene rings is 3. The van der Waals surface area contributed by atoms with Crippen LogP contribution in [0.25, 0.3) is 17.2 Å². The topological polar surface area (TPSA) is 88.2 Å². The van der Waals surface area contributed by atoms with E-state index >= 15 is 0 Å². The van der Waals surface area contributed by atoms with E-state index in [0.29, 0.717) is 33.9 Å². The molecule has 0 aliphatic carbocycles. The molecule has 0 atom stereocenters. The Balaban J connectivity index is 1.45. The zero-order valence-corrected chi connectivity index (χ0v) is 20.6. The van der Waals surface area contributed by atoms with E-state index in [0.717, 1.165) is 12.1 Å². The Bertz CT molecular complexity index is 1540. The van der Waals surface area contributed by atoms with Gasteiger partial charge in [0.25, 0.3) is 5.91 Å². The lowest BCUT2D eigenvalue weighted by Crippen LogP contribution is -2.13. The van der Waals surface area contributed by atoms with Crippen LogP contribution in [0.2, 0.25) is 0 Å². The predicted octanol–water partition coefficient (Wildman–Crippen LogP) is 6.87. The molecule has 0 bridgehead atoms. The lowest BCUT2D eigenvalue weighted by Gasteiger charge is -2.12. The van der Waals surface area contributed by atoms with Gasteiger partial charge in [0.2, 0.25) is 5.91 Å². The number of hydrogen-bond donors (Lipinski definition) is 2. The van der Waals surface area contributed by atoms with Crippen LogP contribution >= 0.6 is 0 Å². The molecule has 1 heterocycles. The van der Waals surface area contributed by atoms with Crippen LogP contribution in [0.1, 0.15) is 38.9 Å². The number of carbonyl (C=O) groups is 3. The molecule has 0 spiro atoms. The largest absolute Gasteiger partial charge is 0.416 e. The Morgan fingerprint density at radius 1 is 0.795 bits per heavy atom. The summed E-state index contributed by atoms with van der Waals surface area (Å²) in [5.41, 5.74) is 1.78. The van der Waals surface area contributed by atoms with E-state index in [9.17, 15) is 27.6 Å². The zero-order valence-electron chi connectivity index (χ0n) is 20.6. The Hall–Kier alpha value is -5.05. The molecule has 2 N–H and O–H groups in total. The van der Waals surface area contributed by atoms with Crippen molar-refractivity contribution in [1.29, 1.82) is 0 Å². The van der Waals surface area contributed by atoms with Crippen molar-refractivity contribution in [3.8, 4) is 11.1 Å². The van der Waals surface area contributed by atoms with Gasteiger partial charge in [0.15, 0.2) is 5.78 Å². The number of rotatable bonds is 7. The number of ketones is 1. The Morgan fingerprint density at radius 3 is 2.15 bits per heavy atom. The molecule has 6 nitrogen and oxygen atoms in total. The van der Waals surface area contributed by atoms with Crippen LogP contribution in [0.3, 0.4) is 0 Å². The van der Waals surface area contributed by atoms with Gasteiger partial charge < -0.3 is 10.6 Å². The summed E-state index contributed by atoms with van der Waals surface area (Å²) in [5.74, 6) is -0.617. The van der Waals surface area contributed by atoms with Crippen molar-refractivity contribution in [1.82, 2.24) is 4.98 Å². The summed E-state index contributed by atoms with van der Waals surface area (Å²) in [6.45, 7) is 1.37. The second kappa shape index (κ2) is 11.6. The molecule has 0 unspecified atom stereocenters. The molecule has 0 fully saturated rings. The molecule has 0 aliphatic rings. The van der Waals surface area contributed by atoms with Crippen molar-refractivity contribution in [3.63, 3.8) is 0 Å². The van der Waals surface area contributed by atoms with Crippen molar-refractivity contribution in [2.24, 2.45) is 0 Å². The van der Waals surface area contributed by atoms with Crippen molar-refractivity contribution < 1.29 is 27.6 Å². The van der Waals surface area contributed by atoms with Gasteiger partial charge in [0, 0.05) is 23.7 Å². The van der Waals surface area contributed by atoms with Gasteiger partial charge in [-0.1, -0.05) is 36.4 Å². The van der Waals surface area contributed by atoms with Gasteiger partial charge in [0.05, 0.1) is 11.3 Å². The number of aromatic nitrogens is 1. The van der Waals surface area contributed by atoms with Crippen LogP contribution in [0.15, 0.2) is 97.1 Å². The monoisotopic (exact) mass is 529 g/mol. The van der Waals surface area contributed by atoms with Crippen molar-refractivity contribution in [2.45, 2.75) is 13.1 Å². The van der Waals surface area contributed by atoms with Gasteiger partial charge >= 0.3 is 6.18 Å². The molecular formula is C30H22F3N3O3. The molecular weight excluding hydrogens is 507 g/mol. The summed E-state index contributed by atoms with van der Waals surface area (Å²) in [4.78, 5) is 41.0. The second-order valence-electron chi connectivity index (χ2n) is 8.48. The van der Waals surface area contributed by atoms with E-state index in [1.165, 1.54) is 31.2 Å². The number of anilines is 2. The maximum Gasteiger partial charge on any atom is 0.416 e. The lowest BCUT2D eigenvalue weighted by molar-refractivity contribution is -0.137. The SMILES string of the molecule is CC(=O)Nc1cccc(C=CC(=O)c2ccc(NC(=O)c3ccccc3-c3ccc(C(F)(F)F)cc3)cc2)n1. The molecule has 4 rings (SSSR count). The summed E-state index contributed by atoms with van der Waals surface area (Å²) >= 11 is 0. The summed E-state index contributed by atoms with van der Waals surface area (Å²) in [6.07, 6.45) is -1.57. The first-order chi connectivity index (χ1) is 18.6. The lowest BCUT2D eigenvalue weighted by atomic mass is 9.98. The second-order valence-corrected chi connectivity index (χ2v) is 8.48. The van der Waals surface area contributed by atoms with Crippen LogP contribution in [-0.4, -0.2) is 22.6 Å². The van der Waals surface area contributed by atoms with Gasteiger partial charge in [-0.05, 0) is 77.9 Å². The first-order valence-corrected chi connectivity index (χ1v) is 11.8. The molecule has 9 heteroatoms. The maximum absolute atomic E-state index is 13.0. The van der Waals surface area contributed by atoms with E-state index in [-0.39, 0.29) is 17.3 Å². The fraction of sp³-hybridized carbons (Fsp3) is 0.0667. The number of alkyl halides is 3. The van der Waals surface area contributed by atoms with Crippen LogP contribution < -0.4 is 10.6 Å². The van der Waals surface area contributed by atoms with Crippen molar-refractivity contribution >= 4 is 35.2 Å². The molecule has 196 valence electrons. The van der Waals surface area contributed by atoms with Crippen molar-refractivity contribution in [3.05, 3.63) is 119 Å². The number of hydrogen-bond acceptors (Lipinski definition) is 4. The quantitative estimate of drug-likeness (QED) is 0.202. The molecule has 2 amide bonds. The predicted molar refractivity (Wildman–Crippen MR) is 143 cm³/mol. The summed E-state index contributed by atoms with van der Waals surface area (Å²) in [6, 6.07) is 22.5. The highest BCUT2D eigenvalue weighted by atomic mass is 19.4. The van der Waals surface area contributed by atoms with E-state index in [2.05, 4.69) is 15.6 Å². The van der Waals surface area contributed by atoms with E-state index in [1.54, 1.807) is 66.7 Å². The molecule has 0 aliphatic heterocycles. The number of carbonyl (C=O) groups excluding carboxylic acids is 3. The smallest absolute Gasteiger partial charge is 0.322 e. The first-order valence-electron chi connectivity index (χ1n) is 11.8. The molecule has 39 heavy (non-hydrogen) atoms. The van der Waals surface area contributed by atoms with Crippen LogP contribution in [0.5, 0.6) is 0 Å². The fourth-order valence-corrected chi connectivity index (χ4v) is 3.74. The number of nitrogens with zero attached hydrogens (tertiary/aromatic N) is 1. The molecule has 0 saturated heterocycles. The number of halogens is 3. The maximum atomic E-state index is 13.0. The third kappa shape index (κ3) is 7.04. The number of pyridine rings is 1. The van der Waals surface area contributed by atoms with E-state index in [1.807, 2.05) is 0 Å². The van der Waals surface area contributed by atoms with Crippen molar-refractivity contribution in [2.75, 3.05) is 10.6 Å². The average molecular weight is 530 g/mol. The molecule has 0 saturated carbocycles. The third-order valence-electron chi connectivity index (χ3n) is 5.60. The number of amides is 2. The zero-order chi connectivity index (χ0) is 28.0. The third-order valence-corrected chi connectivity index (χ3v) is 5.60. The van der Waals surface area contributed by atoms with Gasteiger partial charge in [-0.3, -0.25) is 14.4 Å². The van der Waals surface area contributed by atoms with Gasteiger partial charge in [-0.25, -0.2) is 4.98 Å². The molecule has 0 radical (unpaired) electrons. The minimum Gasteiger partial charge on any atom is -0.322 e. The average Bonchev–Trinajstić information content (AvgIpc) is 2.91. The number of allylic oxidation sites excluding steroid dienone is 1. The molecule has 1 aromatic heterocycles. The number of nitrogens with one attached hydrogen (secondary N) is 2. The highest BCUT2D eigenvalue weighted by Crippen LogP contribution is 2.32. The Morgan fingerprint density at radius 2 is 1.49 bits per heavy atom. The fourth-order valence-electron chi connectivity index (χ4n) is 3.74. The highest BCUT2D eigenvalue weighted by molar-refractivity contribution is 6.09. The van der Waals surface area contributed by atoms with Crippen LogP contribution in [0.4, 0.5) is 24.7 Å². The summed E-state index contributed by atoms with van der Waals surface area (Å²) in [7, 11) is 0. The Labute approximate surface area is 222 Å². The normalized spacial score (nSPS) is 11.3. The van der Waals surface area contributed by atoms with Crippen LogP contribution in [-0.2, 0) is 11.0 Å². The van der Waals surface area contributed by atoms with Gasteiger partial charge in [-0.2, -0.15) is 13.2 Å². The standard InChI is InChI=1S/C30H22F3N3O3/c1-19(37)34-28-8-4-5-23(35-28)17-18-27(38)21-11-15-24(16-12-21)36-29(39)26-7-3-2-6-25(26)20-9-13-22(14-10-20)30(31,32)33/h2-18H,1H3,(H,36,39)(H,34,35,37). The molecule has 4 aromatic rings. The highest BCUT2D eigenvalue weighted by Gasteiger charge is 2.30. The Kier molecular flexibility index (Phi) is 8.00. The van der Waals surface area contributed by atoms with Crippen LogP contribution in [0, 0.1) is 0 Å². The van der Waals surface area contributed by atoms with Gasteiger partial charge in [0.1, 0.15) is 5.82 Å². The summed E-state index contributed by atoms with van der Waals surface area (Å²) in [5, 5.41) is 5.33.